The molecule has 208 valence electrons. The highest BCUT2D eigenvalue weighted by atomic mass is 19.4. The summed E-state index contributed by atoms with van der Waals surface area (Å²) in [5.41, 5.74) is -2.33. The van der Waals surface area contributed by atoms with Gasteiger partial charge in [-0.1, -0.05) is 0 Å². The van der Waals surface area contributed by atoms with Crippen LogP contribution >= 0.6 is 0 Å². The summed E-state index contributed by atoms with van der Waals surface area (Å²) in [6, 6.07) is 5.06. The van der Waals surface area contributed by atoms with Crippen molar-refractivity contribution in [3.05, 3.63) is 76.2 Å². The molecule has 1 saturated heterocycles. The molecule has 1 fully saturated rings. The maximum atomic E-state index is 13.8. The van der Waals surface area contributed by atoms with Gasteiger partial charge in [-0.25, -0.2) is 14.4 Å². The van der Waals surface area contributed by atoms with Crippen LogP contribution in [0.2, 0.25) is 0 Å². The number of rotatable bonds is 5. The van der Waals surface area contributed by atoms with E-state index in [0.29, 0.717) is 55.5 Å². The topological polar surface area (TPSA) is 58.6 Å². The van der Waals surface area contributed by atoms with Crippen LogP contribution in [0, 0.1) is 12.7 Å². The van der Waals surface area contributed by atoms with E-state index in [1.807, 2.05) is 4.90 Å². The number of ether oxygens (including phenoxy) is 1. The molecule has 0 atom stereocenters. The minimum absolute atomic E-state index is 0.0267. The van der Waals surface area contributed by atoms with Crippen molar-refractivity contribution in [1.82, 2.24) is 14.9 Å². The van der Waals surface area contributed by atoms with E-state index in [2.05, 4.69) is 9.97 Å². The van der Waals surface area contributed by atoms with Crippen molar-refractivity contribution >= 4 is 11.9 Å². The van der Waals surface area contributed by atoms with Crippen LogP contribution in [0.1, 0.15) is 32.6 Å². The lowest BCUT2D eigenvalue weighted by molar-refractivity contribution is -0.143. The first-order chi connectivity index (χ1) is 18.2. The number of carbonyl (C=O) groups is 1. The van der Waals surface area contributed by atoms with Crippen molar-refractivity contribution in [1.29, 1.82) is 0 Å². The second-order valence-corrected chi connectivity index (χ2v) is 9.07. The number of anilines is 1. The minimum Gasteiger partial charge on any atom is -0.378 e. The summed E-state index contributed by atoms with van der Waals surface area (Å²) < 4.78 is 98.9. The van der Waals surface area contributed by atoms with Crippen LogP contribution in [0.4, 0.5) is 36.7 Å². The maximum absolute atomic E-state index is 13.8. The highest BCUT2D eigenvalue weighted by molar-refractivity contribution is 6.00. The summed E-state index contributed by atoms with van der Waals surface area (Å²) in [5.74, 6) is -0.953. The van der Waals surface area contributed by atoms with E-state index in [1.165, 1.54) is 31.4 Å². The average molecular weight is 556 g/mol. The number of halogens is 7. The molecule has 1 aliphatic heterocycles. The smallest absolute Gasteiger partial charge is 0.378 e. The van der Waals surface area contributed by atoms with Gasteiger partial charge in [-0.3, -0.25) is 4.79 Å². The van der Waals surface area contributed by atoms with E-state index in [4.69, 9.17) is 4.74 Å². The van der Waals surface area contributed by atoms with Gasteiger partial charge >= 0.3 is 12.4 Å². The molecule has 1 amide bonds. The summed E-state index contributed by atoms with van der Waals surface area (Å²) in [5, 5.41) is 0. The number of benzene rings is 2. The molecule has 1 aliphatic rings. The van der Waals surface area contributed by atoms with Gasteiger partial charge in [-0.15, -0.1) is 0 Å². The van der Waals surface area contributed by atoms with Gasteiger partial charge in [0.25, 0.3) is 5.91 Å². The molecular weight excluding hydrogens is 533 g/mol. The van der Waals surface area contributed by atoms with E-state index in [0.717, 1.165) is 4.90 Å². The van der Waals surface area contributed by atoms with Gasteiger partial charge in [-0.05, 0) is 54.4 Å². The quantitative estimate of drug-likeness (QED) is 0.376. The Hall–Kier alpha value is -3.74. The Morgan fingerprint density at radius 3 is 2.18 bits per heavy atom. The Balaban J connectivity index is 1.72. The van der Waals surface area contributed by atoms with Crippen molar-refractivity contribution in [3.8, 4) is 11.3 Å². The van der Waals surface area contributed by atoms with Gasteiger partial charge < -0.3 is 14.5 Å². The van der Waals surface area contributed by atoms with Gasteiger partial charge in [0.1, 0.15) is 5.82 Å². The largest absolute Gasteiger partial charge is 0.416 e. The fourth-order valence-electron chi connectivity index (χ4n) is 4.20. The van der Waals surface area contributed by atoms with Crippen LogP contribution in [-0.4, -0.2) is 54.1 Å². The number of aromatic nitrogens is 2. The van der Waals surface area contributed by atoms with Crippen LogP contribution in [0.3, 0.4) is 0 Å². The Morgan fingerprint density at radius 2 is 1.62 bits per heavy atom. The Labute approximate surface area is 219 Å². The van der Waals surface area contributed by atoms with Crippen molar-refractivity contribution in [2.24, 2.45) is 0 Å². The summed E-state index contributed by atoms with van der Waals surface area (Å²) in [6.07, 6.45) is -8.79. The number of hydrogen-bond acceptors (Lipinski definition) is 5. The summed E-state index contributed by atoms with van der Waals surface area (Å²) in [6.45, 7) is 2.93. The number of alkyl halides is 6. The predicted molar refractivity (Wildman–Crippen MR) is 127 cm³/mol. The number of amides is 1. The van der Waals surface area contributed by atoms with Crippen LogP contribution in [0.15, 0.2) is 42.6 Å². The number of nitrogens with zero attached hydrogens (tertiary/aromatic N) is 4. The predicted octanol–water partition coefficient (Wildman–Crippen LogP) is 5.74. The lowest BCUT2D eigenvalue weighted by atomic mass is 10.0. The molecule has 0 N–H and O–H groups in total. The second kappa shape index (κ2) is 10.8. The van der Waals surface area contributed by atoms with Crippen molar-refractivity contribution in [2.45, 2.75) is 25.8 Å². The Bertz CT molecular complexity index is 1340. The zero-order chi connectivity index (χ0) is 28.5. The standard InChI is InChI=1S/C26H23F7N4O2/c1-15-9-19(27)3-4-20(15)22-21(13-34-24(35-22)37-5-7-39-8-6-37)23(38)36(2)14-16-10-17(25(28,29)30)12-18(11-16)26(31,32)33/h3-4,9-13H,5-8,14H2,1-2H3. The minimum atomic E-state index is -5.02. The number of hydrogen-bond donors (Lipinski definition) is 0. The molecule has 39 heavy (non-hydrogen) atoms. The first-order valence-electron chi connectivity index (χ1n) is 11.7. The van der Waals surface area contributed by atoms with E-state index in [9.17, 15) is 35.5 Å². The van der Waals surface area contributed by atoms with Crippen molar-refractivity contribution < 1.29 is 40.3 Å². The zero-order valence-corrected chi connectivity index (χ0v) is 20.8. The Morgan fingerprint density at radius 1 is 1.00 bits per heavy atom. The maximum Gasteiger partial charge on any atom is 0.416 e. The molecule has 0 bridgehead atoms. The van der Waals surface area contributed by atoms with Gasteiger partial charge in [-0.2, -0.15) is 26.3 Å². The molecule has 3 aromatic rings. The van der Waals surface area contributed by atoms with Gasteiger partial charge in [0.05, 0.1) is 35.6 Å². The molecule has 0 spiro atoms. The fourth-order valence-corrected chi connectivity index (χ4v) is 4.20. The SMILES string of the molecule is Cc1cc(F)ccc1-c1nc(N2CCOCC2)ncc1C(=O)N(C)Cc1cc(C(F)(F)F)cc(C(F)(F)F)c1. The fraction of sp³-hybridized carbons (Fsp3) is 0.346. The first-order valence-corrected chi connectivity index (χ1v) is 11.7. The van der Waals surface area contributed by atoms with Gasteiger partial charge in [0.15, 0.2) is 0 Å². The number of aryl methyl sites for hydroxylation is 1. The molecule has 4 rings (SSSR count). The van der Waals surface area contributed by atoms with Gasteiger partial charge in [0, 0.05) is 38.4 Å². The molecule has 0 radical (unpaired) electrons. The number of carbonyl (C=O) groups excluding carboxylic acids is 1. The van der Waals surface area contributed by atoms with E-state index in [1.54, 1.807) is 6.92 Å². The molecule has 2 aromatic carbocycles. The summed E-state index contributed by atoms with van der Waals surface area (Å²) in [4.78, 5) is 25.1. The molecule has 0 unspecified atom stereocenters. The summed E-state index contributed by atoms with van der Waals surface area (Å²) >= 11 is 0. The highest BCUT2D eigenvalue weighted by Crippen LogP contribution is 2.37. The molecule has 6 nitrogen and oxygen atoms in total. The zero-order valence-electron chi connectivity index (χ0n) is 20.8. The third kappa shape index (κ3) is 6.47. The van der Waals surface area contributed by atoms with E-state index < -0.39 is 41.7 Å². The molecule has 1 aromatic heterocycles. The monoisotopic (exact) mass is 556 g/mol. The lowest BCUT2D eigenvalue weighted by Gasteiger charge is -2.27. The average Bonchev–Trinajstić information content (AvgIpc) is 2.87. The molecule has 2 heterocycles. The second-order valence-electron chi connectivity index (χ2n) is 9.07. The van der Waals surface area contributed by atoms with Crippen LogP contribution < -0.4 is 4.90 Å². The third-order valence-electron chi connectivity index (χ3n) is 6.16. The summed E-state index contributed by atoms with van der Waals surface area (Å²) in [7, 11) is 1.24. The van der Waals surface area contributed by atoms with Crippen molar-refractivity contribution in [3.63, 3.8) is 0 Å². The molecule has 0 aliphatic carbocycles. The molecule has 13 heteroatoms. The van der Waals surface area contributed by atoms with Crippen molar-refractivity contribution in [2.75, 3.05) is 38.3 Å². The molecule has 0 saturated carbocycles. The normalized spacial score (nSPS) is 14.4. The van der Waals surface area contributed by atoms with Crippen LogP contribution in [0.5, 0.6) is 0 Å². The van der Waals surface area contributed by atoms with Crippen LogP contribution in [-0.2, 0) is 23.6 Å². The van der Waals surface area contributed by atoms with Gasteiger partial charge in [0.2, 0.25) is 5.95 Å². The van der Waals surface area contributed by atoms with E-state index >= 15 is 0 Å². The molecular formula is C26H23F7N4O2. The van der Waals surface area contributed by atoms with Crippen LogP contribution in [0.25, 0.3) is 11.3 Å². The van der Waals surface area contributed by atoms with E-state index in [-0.39, 0.29) is 22.9 Å². The highest BCUT2D eigenvalue weighted by Gasteiger charge is 2.37. The Kier molecular flexibility index (Phi) is 7.82. The third-order valence-corrected chi connectivity index (χ3v) is 6.16. The number of morpholine rings is 1. The first kappa shape index (κ1) is 28.3. The lowest BCUT2D eigenvalue weighted by Crippen LogP contribution is -2.37.